The second-order valence-electron chi connectivity index (χ2n) is 6.74. The predicted octanol–water partition coefficient (Wildman–Crippen LogP) is 3.61. The maximum Gasteiger partial charge on any atom is 0.310 e. The number of nitrogens with one attached hydrogen (secondary N) is 2. The summed E-state index contributed by atoms with van der Waals surface area (Å²) in [6, 6.07) is 13.2. The van der Waals surface area contributed by atoms with E-state index < -0.39 is 5.92 Å². The van der Waals surface area contributed by atoms with E-state index in [2.05, 4.69) is 10.6 Å². The number of hydrogen-bond donors (Lipinski definition) is 2. The summed E-state index contributed by atoms with van der Waals surface area (Å²) in [5.74, 6) is -0.282. The molecule has 0 aliphatic carbocycles. The smallest absolute Gasteiger partial charge is 0.310 e. The van der Waals surface area contributed by atoms with Crippen LogP contribution in [0.25, 0.3) is 0 Å². The number of ether oxygens (including phenoxy) is 2. The van der Waals surface area contributed by atoms with Crippen LogP contribution in [0.2, 0.25) is 5.02 Å². The lowest BCUT2D eigenvalue weighted by atomic mass is 9.98. The number of rotatable bonds is 10. The highest BCUT2D eigenvalue weighted by Gasteiger charge is 2.20. The van der Waals surface area contributed by atoms with Crippen molar-refractivity contribution >= 4 is 29.2 Å². The summed E-state index contributed by atoms with van der Waals surface area (Å²) in [7, 11) is 2.93. The molecule has 1 amide bonds. The molecule has 0 aromatic heterocycles. The molecule has 0 fully saturated rings. The van der Waals surface area contributed by atoms with Gasteiger partial charge in [-0.15, -0.1) is 0 Å². The van der Waals surface area contributed by atoms with Gasteiger partial charge in [0.05, 0.1) is 25.8 Å². The molecule has 0 aliphatic rings. The van der Waals surface area contributed by atoms with Gasteiger partial charge in [0.15, 0.2) is 0 Å². The first kappa shape index (κ1) is 22.6. The van der Waals surface area contributed by atoms with Crippen molar-refractivity contribution in [3.8, 4) is 5.75 Å². The van der Waals surface area contributed by atoms with Gasteiger partial charge in [0.25, 0.3) is 0 Å². The highest BCUT2D eigenvalue weighted by atomic mass is 35.5. The number of anilines is 1. The van der Waals surface area contributed by atoms with Crippen molar-refractivity contribution in [1.82, 2.24) is 5.32 Å². The highest BCUT2D eigenvalue weighted by Crippen LogP contribution is 2.27. The summed E-state index contributed by atoms with van der Waals surface area (Å²) in [6.07, 6.45) is 0.749. The van der Waals surface area contributed by atoms with Crippen molar-refractivity contribution in [2.75, 3.05) is 32.6 Å². The summed E-state index contributed by atoms with van der Waals surface area (Å²) in [6.45, 7) is 2.64. The van der Waals surface area contributed by atoms with Crippen molar-refractivity contribution in [1.29, 1.82) is 0 Å². The van der Waals surface area contributed by atoms with Gasteiger partial charge in [-0.25, -0.2) is 0 Å². The zero-order valence-corrected chi connectivity index (χ0v) is 17.7. The van der Waals surface area contributed by atoms with E-state index in [4.69, 9.17) is 21.1 Å². The van der Waals surface area contributed by atoms with E-state index in [0.29, 0.717) is 23.7 Å². The summed E-state index contributed by atoms with van der Waals surface area (Å²) in [5.41, 5.74) is 2.90. The lowest BCUT2D eigenvalue weighted by Gasteiger charge is -2.16. The number of methoxy groups -OCH3 is 2. The summed E-state index contributed by atoms with van der Waals surface area (Å²) >= 11 is 6.00. The van der Waals surface area contributed by atoms with Crippen molar-refractivity contribution in [3.63, 3.8) is 0 Å². The summed E-state index contributed by atoms with van der Waals surface area (Å²) in [5, 5.41) is 6.54. The first-order valence-electron chi connectivity index (χ1n) is 9.40. The average Bonchev–Trinajstić information content (AvgIpc) is 2.72. The third kappa shape index (κ3) is 7.31. The Morgan fingerprint density at radius 1 is 1.10 bits per heavy atom. The van der Waals surface area contributed by atoms with E-state index in [-0.39, 0.29) is 24.8 Å². The number of hydrogen-bond acceptors (Lipinski definition) is 5. The van der Waals surface area contributed by atoms with Gasteiger partial charge in [-0.1, -0.05) is 41.4 Å². The Hall–Kier alpha value is -2.73. The quantitative estimate of drug-likeness (QED) is 0.576. The van der Waals surface area contributed by atoms with Crippen LogP contribution in [-0.4, -0.2) is 39.2 Å². The molecule has 1 unspecified atom stereocenters. The van der Waals surface area contributed by atoms with E-state index in [1.54, 1.807) is 25.3 Å². The molecule has 6 nitrogen and oxygen atoms in total. The van der Waals surface area contributed by atoms with E-state index in [9.17, 15) is 9.59 Å². The molecule has 0 bridgehead atoms. The minimum absolute atomic E-state index is 0.156. The molecule has 0 saturated heterocycles. The van der Waals surface area contributed by atoms with E-state index in [0.717, 1.165) is 16.8 Å². The van der Waals surface area contributed by atoms with Crippen molar-refractivity contribution < 1.29 is 19.1 Å². The molecule has 2 rings (SSSR count). The molecule has 29 heavy (non-hydrogen) atoms. The van der Waals surface area contributed by atoms with Gasteiger partial charge in [0.2, 0.25) is 5.91 Å². The Balaban J connectivity index is 1.84. The van der Waals surface area contributed by atoms with E-state index in [1.807, 2.05) is 31.2 Å². The van der Waals surface area contributed by atoms with Crippen LogP contribution in [0.1, 0.15) is 17.5 Å². The van der Waals surface area contributed by atoms with Crippen LogP contribution in [-0.2, 0) is 20.7 Å². The third-order valence-corrected chi connectivity index (χ3v) is 4.75. The zero-order valence-electron chi connectivity index (χ0n) is 17.0. The summed E-state index contributed by atoms with van der Waals surface area (Å²) in [4.78, 5) is 24.3. The predicted molar refractivity (Wildman–Crippen MR) is 115 cm³/mol. The normalized spacial score (nSPS) is 11.4. The molecule has 0 saturated carbocycles. The average molecular weight is 419 g/mol. The van der Waals surface area contributed by atoms with Crippen LogP contribution in [0.5, 0.6) is 5.75 Å². The fourth-order valence-electron chi connectivity index (χ4n) is 2.87. The van der Waals surface area contributed by atoms with Gasteiger partial charge in [0.1, 0.15) is 5.75 Å². The Morgan fingerprint density at radius 3 is 2.48 bits per heavy atom. The molecule has 7 heteroatoms. The van der Waals surface area contributed by atoms with Gasteiger partial charge in [-0.2, -0.15) is 0 Å². The molecule has 0 aliphatic heterocycles. The first-order chi connectivity index (χ1) is 13.9. The number of aryl methyl sites for hydroxylation is 1. The molecule has 0 radical (unpaired) electrons. The first-order valence-corrected chi connectivity index (χ1v) is 9.78. The van der Waals surface area contributed by atoms with Crippen molar-refractivity contribution in [2.24, 2.45) is 5.92 Å². The molecule has 2 N–H and O–H groups in total. The van der Waals surface area contributed by atoms with Crippen molar-refractivity contribution in [3.05, 3.63) is 58.6 Å². The Kier molecular flexibility index (Phi) is 8.80. The molecule has 156 valence electrons. The fourth-order valence-corrected chi connectivity index (χ4v) is 3.04. The second kappa shape index (κ2) is 11.3. The highest BCUT2D eigenvalue weighted by molar-refractivity contribution is 6.30. The largest absolute Gasteiger partial charge is 0.495 e. The molecule has 1 atom stereocenters. The minimum atomic E-state index is -0.437. The molecule has 2 aromatic rings. The molecule has 0 heterocycles. The maximum atomic E-state index is 12.2. The van der Waals surface area contributed by atoms with Crippen LogP contribution < -0.4 is 15.4 Å². The number of halogens is 1. The van der Waals surface area contributed by atoms with Gasteiger partial charge in [0, 0.05) is 24.5 Å². The molecular formula is C22H27ClN2O4. The zero-order chi connectivity index (χ0) is 21.2. The SMILES string of the molecule is COC(=O)C(CNC(=O)CCNc1cc(Cl)ccc1OC)Cc1ccc(C)cc1. The lowest BCUT2D eigenvalue weighted by Crippen LogP contribution is -2.35. The van der Waals surface area contributed by atoms with Crippen LogP contribution >= 0.6 is 11.6 Å². The number of amides is 1. The number of carbonyl (C=O) groups is 2. The van der Waals surface area contributed by atoms with Crippen LogP contribution in [0, 0.1) is 12.8 Å². The van der Waals surface area contributed by atoms with E-state index >= 15 is 0 Å². The Morgan fingerprint density at radius 2 is 1.83 bits per heavy atom. The minimum Gasteiger partial charge on any atom is -0.495 e. The number of esters is 1. The van der Waals surface area contributed by atoms with Crippen molar-refractivity contribution in [2.45, 2.75) is 19.8 Å². The molecule has 0 spiro atoms. The monoisotopic (exact) mass is 418 g/mol. The van der Waals surface area contributed by atoms with Gasteiger partial charge in [-0.3, -0.25) is 9.59 Å². The van der Waals surface area contributed by atoms with Gasteiger partial charge in [-0.05, 0) is 37.1 Å². The summed E-state index contributed by atoms with van der Waals surface area (Å²) < 4.78 is 10.2. The standard InChI is InChI=1S/C22H27ClN2O4/c1-15-4-6-16(7-5-15)12-17(22(27)29-3)14-25-21(26)10-11-24-19-13-18(23)8-9-20(19)28-2/h4-9,13,17,24H,10-12,14H2,1-3H3,(H,25,26). The maximum absolute atomic E-state index is 12.2. The molecule has 2 aromatic carbocycles. The van der Waals surface area contributed by atoms with E-state index in [1.165, 1.54) is 7.11 Å². The Bertz CT molecular complexity index is 824. The van der Waals surface area contributed by atoms with Crippen LogP contribution in [0.4, 0.5) is 5.69 Å². The van der Waals surface area contributed by atoms with Gasteiger partial charge >= 0.3 is 5.97 Å². The fraction of sp³-hybridized carbons (Fsp3) is 0.364. The van der Waals surface area contributed by atoms with Crippen LogP contribution in [0.3, 0.4) is 0 Å². The number of benzene rings is 2. The Labute approximate surface area is 176 Å². The topological polar surface area (TPSA) is 76.7 Å². The molecular weight excluding hydrogens is 392 g/mol. The number of carbonyl (C=O) groups excluding carboxylic acids is 2. The third-order valence-electron chi connectivity index (χ3n) is 4.51. The van der Waals surface area contributed by atoms with Crippen LogP contribution in [0.15, 0.2) is 42.5 Å². The lowest BCUT2D eigenvalue weighted by molar-refractivity contribution is -0.145. The van der Waals surface area contributed by atoms with Gasteiger partial charge < -0.3 is 20.1 Å². The second-order valence-corrected chi connectivity index (χ2v) is 7.17.